The number of nitro groups is 1. The van der Waals surface area contributed by atoms with E-state index in [2.05, 4.69) is 4.98 Å². The normalized spacial score (nSPS) is 14.1. The highest BCUT2D eigenvalue weighted by Gasteiger charge is 2.25. The van der Waals surface area contributed by atoms with Gasteiger partial charge >= 0.3 is 5.69 Å². The Morgan fingerprint density at radius 2 is 2.20 bits per heavy atom. The lowest BCUT2D eigenvalue weighted by Gasteiger charge is -2.12. The molecule has 0 bridgehead atoms. The molecular formula is C13H13N3O3S. The molecule has 6 nitrogen and oxygen atoms in total. The second kappa shape index (κ2) is 4.82. The molecule has 104 valence electrons. The van der Waals surface area contributed by atoms with Crippen molar-refractivity contribution in [2.24, 2.45) is 0 Å². The van der Waals surface area contributed by atoms with E-state index in [-0.39, 0.29) is 11.5 Å². The number of imidazole rings is 1. The molecule has 0 aromatic carbocycles. The number of ketones is 1. The molecule has 1 aliphatic carbocycles. The number of rotatable bonds is 3. The van der Waals surface area contributed by atoms with Gasteiger partial charge in [-0.05, 0) is 32.6 Å². The number of Topliss-reactive ketones (excluding diaryl/α,β-unsaturated/α-hetero) is 1. The molecule has 0 amide bonds. The summed E-state index contributed by atoms with van der Waals surface area (Å²) in [5.74, 6) is -0.154. The van der Waals surface area contributed by atoms with Crippen LogP contribution in [0.4, 0.5) is 5.69 Å². The van der Waals surface area contributed by atoms with Crippen molar-refractivity contribution >= 4 is 22.8 Å². The molecule has 7 heteroatoms. The Kier molecular flexibility index (Phi) is 3.13. The molecule has 1 aliphatic rings. The number of thiophene rings is 1. The maximum absolute atomic E-state index is 11.5. The monoisotopic (exact) mass is 291 g/mol. The minimum Gasteiger partial charge on any atom is -0.294 e. The predicted molar refractivity (Wildman–Crippen MR) is 74.7 cm³/mol. The highest BCUT2D eigenvalue weighted by molar-refractivity contribution is 7.17. The van der Waals surface area contributed by atoms with Gasteiger partial charge in [0.25, 0.3) is 0 Å². The summed E-state index contributed by atoms with van der Waals surface area (Å²) in [7, 11) is 0. The van der Waals surface area contributed by atoms with E-state index in [1.54, 1.807) is 10.9 Å². The Balaban J connectivity index is 2.16. The van der Waals surface area contributed by atoms with Crippen LogP contribution in [-0.4, -0.2) is 20.3 Å². The van der Waals surface area contributed by atoms with Gasteiger partial charge < -0.3 is 0 Å². The van der Waals surface area contributed by atoms with Crippen LogP contribution in [0.5, 0.6) is 0 Å². The third-order valence-electron chi connectivity index (χ3n) is 3.49. The van der Waals surface area contributed by atoms with E-state index in [9.17, 15) is 14.9 Å². The van der Waals surface area contributed by atoms with Crippen LogP contribution in [0.3, 0.4) is 0 Å². The SMILES string of the molecule is CC(=O)c1cc([N+](=O)[O-])c(-n2cnc3c2CCCC3)s1. The smallest absolute Gasteiger partial charge is 0.294 e. The number of aromatic nitrogens is 2. The first-order valence-corrected chi connectivity index (χ1v) is 7.24. The fourth-order valence-corrected chi connectivity index (χ4v) is 3.51. The highest BCUT2D eigenvalue weighted by Crippen LogP contribution is 2.35. The zero-order valence-electron chi connectivity index (χ0n) is 11.0. The van der Waals surface area contributed by atoms with Gasteiger partial charge in [-0.1, -0.05) is 0 Å². The summed E-state index contributed by atoms with van der Waals surface area (Å²) in [6.45, 7) is 1.42. The zero-order valence-corrected chi connectivity index (χ0v) is 11.8. The number of hydrogen-bond donors (Lipinski definition) is 0. The topological polar surface area (TPSA) is 78.0 Å². The number of nitrogens with zero attached hydrogens (tertiary/aromatic N) is 3. The van der Waals surface area contributed by atoms with Crippen LogP contribution in [-0.2, 0) is 12.8 Å². The van der Waals surface area contributed by atoms with Gasteiger partial charge in [-0.25, -0.2) is 4.98 Å². The molecule has 2 heterocycles. The molecule has 0 radical (unpaired) electrons. The van der Waals surface area contributed by atoms with Crippen molar-refractivity contribution in [1.82, 2.24) is 9.55 Å². The van der Waals surface area contributed by atoms with Crippen LogP contribution in [0.1, 0.15) is 40.8 Å². The van der Waals surface area contributed by atoms with Crippen LogP contribution < -0.4 is 0 Å². The Hall–Kier alpha value is -2.02. The van der Waals surface area contributed by atoms with Crippen LogP contribution in [0, 0.1) is 10.1 Å². The van der Waals surface area contributed by atoms with E-state index in [0.717, 1.165) is 48.4 Å². The van der Waals surface area contributed by atoms with Gasteiger partial charge in [-0.2, -0.15) is 0 Å². The Morgan fingerprint density at radius 3 is 2.90 bits per heavy atom. The predicted octanol–water partition coefficient (Wildman–Crippen LogP) is 2.92. The van der Waals surface area contributed by atoms with E-state index < -0.39 is 4.92 Å². The quantitative estimate of drug-likeness (QED) is 0.495. The number of carbonyl (C=O) groups excluding carboxylic acids is 1. The van der Waals surface area contributed by atoms with Crippen LogP contribution in [0.25, 0.3) is 5.00 Å². The molecule has 0 aliphatic heterocycles. The maximum atomic E-state index is 11.5. The van der Waals surface area contributed by atoms with Crippen LogP contribution in [0.2, 0.25) is 0 Å². The van der Waals surface area contributed by atoms with Gasteiger partial charge in [0.15, 0.2) is 10.8 Å². The summed E-state index contributed by atoms with van der Waals surface area (Å²) in [4.78, 5) is 27.0. The second-order valence-corrected chi connectivity index (χ2v) is 5.86. The number of aryl methyl sites for hydroxylation is 1. The first-order chi connectivity index (χ1) is 9.58. The molecule has 0 saturated carbocycles. The van der Waals surface area contributed by atoms with Crippen molar-refractivity contribution < 1.29 is 9.72 Å². The van der Waals surface area contributed by atoms with Crippen LogP contribution in [0.15, 0.2) is 12.4 Å². The van der Waals surface area contributed by atoms with Gasteiger partial charge in [-0.15, -0.1) is 11.3 Å². The average molecular weight is 291 g/mol. The summed E-state index contributed by atoms with van der Waals surface area (Å²) in [6, 6.07) is 1.36. The molecule has 0 saturated heterocycles. The molecule has 2 aromatic heterocycles. The fraction of sp³-hybridized carbons (Fsp3) is 0.385. The summed E-state index contributed by atoms with van der Waals surface area (Å²) in [5.41, 5.74) is 2.03. The van der Waals surface area contributed by atoms with Gasteiger partial charge in [0, 0.05) is 11.8 Å². The average Bonchev–Trinajstić information content (AvgIpc) is 3.02. The third-order valence-corrected chi connectivity index (χ3v) is 4.71. The molecule has 3 rings (SSSR count). The number of carbonyl (C=O) groups is 1. The van der Waals surface area contributed by atoms with E-state index in [1.807, 2.05) is 0 Å². The van der Waals surface area contributed by atoms with Gasteiger partial charge in [0.2, 0.25) is 0 Å². The molecule has 0 unspecified atom stereocenters. The van der Waals surface area contributed by atoms with Gasteiger partial charge in [0.1, 0.15) is 6.33 Å². The van der Waals surface area contributed by atoms with Crippen molar-refractivity contribution in [1.29, 1.82) is 0 Å². The standard InChI is InChI=1S/C13H13N3O3S/c1-8(17)12-6-11(16(18)19)13(20-12)15-7-14-9-4-2-3-5-10(9)15/h6-7H,2-5H2,1H3. The van der Waals surface area contributed by atoms with E-state index >= 15 is 0 Å². The lowest BCUT2D eigenvalue weighted by atomic mass is 10.0. The van der Waals surface area contributed by atoms with Crippen LogP contribution >= 0.6 is 11.3 Å². The Morgan fingerprint density at radius 1 is 1.45 bits per heavy atom. The summed E-state index contributed by atoms with van der Waals surface area (Å²) >= 11 is 1.16. The van der Waals surface area contributed by atoms with E-state index in [0.29, 0.717) is 9.88 Å². The molecule has 0 spiro atoms. The summed E-state index contributed by atoms with van der Waals surface area (Å²) < 4.78 is 1.78. The number of hydrogen-bond acceptors (Lipinski definition) is 5. The second-order valence-electron chi connectivity index (χ2n) is 4.83. The Bertz CT molecular complexity index is 702. The molecular weight excluding hydrogens is 278 g/mol. The van der Waals surface area contributed by atoms with Gasteiger partial charge in [0.05, 0.1) is 15.5 Å². The fourth-order valence-electron chi connectivity index (χ4n) is 2.49. The van der Waals surface area contributed by atoms with Gasteiger partial charge in [-0.3, -0.25) is 19.5 Å². The Labute approximate surface area is 119 Å². The number of fused-ring (bicyclic) bond motifs is 1. The minimum absolute atomic E-state index is 0.0222. The van der Waals surface area contributed by atoms with Crippen molar-refractivity contribution in [2.75, 3.05) is 0 Å². The summed E-state index contributed by atoms with van der Waals surface area (Å²) in [5, 5.41) is 11.7. The van der Waals surface area contributed by atoms with Crippen molar-refractivity contribution in [3.63, 3.8) is 0 Å². The lowest BCUT2D eigenvalue weighted by molar-refractivity contribution is -0.384. The largest absolute Gasteiger partial charge is 0.305 e. The summed E-state index contributed by atoms with van der Waals surface area (Å²) in [6.07, 6.45) is 5.60. The maximum Gasteiger partial charge on any atom is 0.305 e. The zero-order chi connectivity index (χ0) is 14.3. The van der Waals surface area contributed by atoms with Crippen molar-refractivity contribution in [3.05, 3.63) is 38.8 Å². The highest BCUT2D eigenvalue weighted by atomic mass is 32.1. The first kappa shape index (κ1) is 13.0. The molecule has 0 fully saturated rings. The molecule has 2 aromatic rings. The first-order valence-electron chi connectivity index (χ1n) is 6.42. The molecule has 20 heavy (non-hydrogen) atoms. The molecule has 0 atom stereocenters. The van der Waals surface area contributed by atoms with E-state index in [1.165, 1.54) is 13.0 Å². The van der Waals surface area contributed by atoms with Crippen molar-refractivity contribution in [2.45, 2.75) is 32.6 Å². The molecule has 0 N–H and O–H groups in total. The van der Waals surface area contributed by atoms with Crippen molar-refractivity contribution in [3.8, 4) is 5.00 Å². The van der Waals surface area contributed by atoms with E-state index in [4.69, 9.17) is 0 Å². The minimum atomic E-state index is -0.437. The lowest BCUT2D eigenvalue weighted by Crippen LogP contribution is -2.06. The third kappa shape index (κ3) is 2.03.